The molecule has 6 nitrogen and oxygen atoms in total. The molecule has 0 bridgehead atoms. The molecule has 1 fully saturated rings. The lowest BCUT2D eigenvalue weighted by atomic mass is 10.2. The lowest BCUT2D eigenvalue weighted by Crippen LogP contribution is -2.43. The molecule has 0 atom stereocenters. The second-order valence-corrected chi connectivity index (χ2v) is 4.09. The van der Waals surface area contributed by atoms with E-state index in [1.54, 1.807) is 13.8 Å². The molecular weight excluding hydrogens is 248 g/mol. The summed E-state index contributed by atoms with van der Waals surface area (Å²) in [5, 5.41) is 11.6. The van der Waals surface area contributed by atoms with Crippen molar-refractivity contribution in [1.29, 1.82) is 5.26 Å². The van der Waals surface area contributed by atoms with E-state index in [1.165, 1.54) is 6.20 Å². The number of hydrogen-bond acceptors (Lipinski definition) is 6. The van der Waals surface area contributed by atoms with E-state index in [0.29, 0.717) is 5.57 Å². The third kappa shape index (κ3) is 4.62. The van der Waals surface area contributed by atoms with E-state index in [4.69, 9.17) is 14.7 Å². The highest BCUT2D eigenvalue weighted by molar-refractivity contribution is 5.99. The van der Waals surface area contributed by atoms with Gasteiger partial charge >= 0.3 is 11.9 Å². The van der Waals surface area contributed by atoms with Crippen LogP contribution in [0.25, 0.3) is 0 Å². The fourth-order valence-electron chi connectivity index (χ4n) is 1.49. The number of allylic oxidation sites excluding steroid dienone is 1. The van der Waals surface area contributed by atoms with E-state index in [0.717, 1.165) is 12.8 Å². The Kier molecular flexibility index (Phi) is 5.86. The van der Waals surface area contributed by atoms with E-state index in [2.05, 4.69) is 11.4 Å². The Morgan fingerprint density at radius 2 is 1.84 bits per heavy atom. The normalized spacial score (nSPS) is 14.7. The molecule has 1 rings (SSSR count). The SMILES string of the molecule is CCOC(=O)C(NC=C(C#N)C1CC1)C(=O)OCC. The van der Waals surface area contributed by atoms with Gasteiger partial charge in [-0.2, -0.15) is 5.26 Å². The van der Waals surface area contributed by atoms with Crippen molar-refractivity contribution in [3.05, 3.63) is 11.8 Å². The molecule has 0 saturated heterocycles. The minimum Gasteiger partial charge on any atom is -0.464 e. The molecule has 0 aromatic carbocycles. The van der Waals surface area contributed by atoms with Gasteiger partial charge in [-0.15, -0.1) is 0 Å². The molecule has 1 saturated carbocycles. The van der Waals surface area contributed by atoms with Gasteiger partial charge in [-0.05, 0) is 32.6 Å². The maximum Gasteiger partial charge on any atom is 0.340 e. The number of nitrogens with one attached hydrogen (secondary N) is 1. The van der Waals surface area contributed by atoms with Gasteiger partial charge in [0.2, 0.25) is 6.04 Å². The van der Waals surface area contributed by atoms with Crippen LogP contribution in [0.1, 0.15) is 26.7 Å². The van der Waals surface area contributed by atoms with Crippen molar-refractivity contribution < 1.29 is 19.1 Å². The molecule has 0 radical (unpaired) electrons. The number of rotatable bonds is 7. The molecule has 1 aliphatic rings. The largest absolute Gasteiger partial charge is 0.464 e. The Bertz CT molecular complexity index is 389. The molecule has 0 aromatic rings. The van der Waals surface area contributed by atoms with Crippen LogP contribution in [-0.4, -0.2) is 31.2 Å². The average Bonchev–Trinajstić information content (AvgIpc) is 3.19. The predicted molar refractivity (Wildman–Crippen MR) is 66.6 cm³/mol. The van der Waals surface area contributed by atoms with Crippen LogP contribution in [0.4, 0.5) is 0 Å². The predicted octanol–water partition coefficient (Wildman–Crippen LogP) is 0.888. The zero-order chi connectivity index (χ0) is 14.3. The Balaban J connectivity index is 2.70. The Hall–Kier alpha value is -2.03. The van der Waals surface area contributed by atoms with Gasteiger partial charge in [0.1, 0.15) is 0 Å². The van der Waals surface area contributed by atoms with Gasteiger partial charge in [-0.3, -0.25) is 0 Å². The third-order valence-electron chi connectivity index (χ3n) is 2.60. The van der Waals surface area contributed by atoms with Gasteiger partial charge in [-0.25, -0.2) is 9.59 Å². The second-order valence-electron chi connectivity index (χ2n) is 4.09. The number of ether oxygens (including phenoxy) is 2. The van der Waals surface area contributed by atoms with Gasteiger partial charge in [0.25, 0.3) is 0 Å². The molecule has 19 heavy (non-hydrogen) atoms. The summed E-state index contributed by atoms with van der Waals surface area (Å²) >= 11 is 0. The van der Waals surface area contributed by atoms with Crippen LogP contribution in [0, 0.1) is 17.2 Å². The zero-order valence-corrected chi connectivity index (χ0v) is 11.1. The first kappa shape index (κ1) is 15.0. The van der Waals surface area contributed by atoms with Crippen molar-refractivity contribution in [2.75, 3.05) is 13.2 Å². The van der Waals surface area contributed by atoms with Gasteiger partial charge in [0, 0.05) is 11.8 Å². The maximum atomic E-state index is 11.6. The first-order valence-electron chi connectivity index (χ1n) is 6.33. The van der Waals surface area contributed by atoms with E-state index >= 15 is 0 Å². The van der Waals surface area contributed by atoms with Crippen molar-refractivity contribution in [1.82, 2.24) is 5.32 Å². The van der Waals surface area contributed by atoms with E-state index in [-0.39, 0.29) is 19.1 Å². The highest BCUT2D eigenvalue weighted by Crippen LogP contribution is 2.35. The van der Waals surface area contributed by atoms with Crippen molar-refractivity contribution in [2.24, 2.45) is 5.92 Å². The number of hydrogen-bond donors (Lipinski definition) is 1. The third-order valence-corrected chi connectivity index (χ3v) is 2.60. The van der Waals surface area contributed by atoms with Crippen LogP contribution < -0.4 is 5.32 Å². The van der Waals surface area contributed by atoms with Crippen LogP contribution in [0.3, 0.4) is 0 Å². The summed E-state index contributed by atoms with van der Waals surface area (Å²) in [4.78, 5) is 23.3. The van der Waals surface area contributed by atoms with Crippen LogP contribution in [0.5, 0.6) is 0 Å². The molecule has 0 aromatic heterocycles. The molecule has 0 heterocycles. The zero-order valence-electron chi connectivity index (χ0n) is 11.1. The quantitative estimate of drug-likeness (QED) is 0.418. The van der Waals surface area contributed by atoms with Crippen molar-refractivity contribution in [2.45, 2.75) is 32.7 Å². The number of carbonyl (C=O) groups is 2. The summed E-state index contributed by atoms with van der Waals surface area (Å²) < 4.78 is 9.60. The monoisotopic (exact) mass is 266 g/mol. The van der Waals surface area contributed by atoms with Crippen molar-refractivity contribution in [3.63, 3.8) is 0 Å². The number of carbonyl (C=O) groups excluding carboxylic acids is 2. The average molecular weight is 266 g/mol. The molecule has 1 aliphatic carbocycles. The minimum absolute atomic E-state index is 0.174. The number of esters is 2. The van der Waals surface area contributed by atoms with Gasteiger partial charge in [-0.1, -0.05) is 0 Å². The molecule has 0 amide bonds. The summed E-state index contributed by atoms with van der Waals surface area (Å²) in [6.45, 7) is 3.66. The van der Waals surface area contributed by atoms with Crippen molar-refractivity contribution in [3.8, 4) is 6.07 Å². The van der Waals surface area contributed by atoms with Gasteiger partial charge < -0.3 is 14.8 Å². The fraction of sp³-hybridized carbons (Fsp3) is 0.615. The summed E-state index contributed by atoms with van der Waals surface area (Å²) in [5.74, 6) is -1.17. The summed E-state index contributed by atoms with van der Waals surface area (Å²) in [7, 11) is 0. The Morgan fingerprint density at radius 1 is 1.32 bits per heavy atom. The molecule has 0 aliphatic heterocycles. The number of nitrogens with zero attached hydrogens (tertiary/aromatic N) is 1. The van der Waals surface area contributed by atoms with Crippen LogP contribution in [0.15, 0.2) is 11.8 Å². The lowest BCUT2D eigenvalue weighted by molar-refractivity contribution is -0.157. The summed E-state index contributed by atoms with van der Waals surface area (Å²) in [6, 6.07) is 0.835. The topological polar surface area (TPSA) is 88.4 Å². The smallest absolute Gasteiger partial charge is 0.340 e. The molecule has 6 heteroatoms. The van der Waals surface area contributed by atoms with Crippen LogP contribution in [0.2, 0.25) is 0 Å². The van der Waals surface area contributed by atoms with E-state index in [9.17, 15) is 9.59 Å². The molecule has 0 spiro atoms. The Labute approximate surface area is 112 Å². The second kappa shape index (κ2) is 7.41. The lowest BCUT2D eigenvalue weighted by Gasteiger charge is -2.14. The standard InChI is InChI=1S/C13H18N2O4/c1-3-18-12(16)11(13(17)19-4-2)15-8-10(7-14)9-5-6-9/h8-9,11,15H,3-6H2,1-2H3. The molecule has 0 unspecified atom stereocenters. The van der Waals surface area contributed by atoms with Gasteiger partial charge in [0.05, 0.1) is 19.3 Å². The first-order valence-corrected chi connectivity index (χ1v) is 6.33. The van der Waals surface area contributed by atoms with E-state index in [1.807, 2.05) is 0 Å². The Morgan fingerprint density at radius 3 is 2.21 bits per heavy atom. The highest BCUT2D eigenvalue weighted by Gasteiger charge is 2.30. The molecular formula is C13H18N2O4. The van der Waals surface area contributed by atoms with Crippen LogP contribution >= 0.6 is 0 Å². The first-order chi connectivity index (χ1) is 9.13. The van der Waals surface area contributed by atoms with Gasteiger partial charge in [0.15, 0.2) is 0 Å². The molecule has 1 N–H and O–H groups in total. The number of nitriles is 1. The van der Waals surface area contributed by atoms with Crippen molar-refractivity contribution >= 4 is 11.9 Å². The van der Waals surface area contributed by atoms with E-state index < -0.39 is 18.0 Å². The highest BCUT2D eigenvalue weighted by atomic mass is 16.6. The minimum atomic E-state index is -1.22. The summed E-state index contributed by atoms with van der Waals surface area (Å²) in [5.41, 5.74) is 0.540. The summed E-state index contributed by atoms with van der Waals surface area (Å²) in [6.07, 6.45) is 3.34. The van der Waals surface area contributed by atoms with Crippen LogP contribution in [-0.2, 0) is 19.1 Å². The molecule has 104 valence electrons. The fourth-order valence-corrected chi connectivity index (χ4v) is 1.49. The maximum absolute atomic E-state index is 11.6.